The second-order valence-corrected chi connectivity index (χ2v) is 3.77. The van der Waals surface area contributed by atoms with E-state index in [1.165, 1.54) is 0 Å². The summed E-state index contributed by atoms with van der Waals surface area (Å²) in [6.45, 7) is 6.45. The Kier molecular flexibility index (Phi) is 3.52. The van der Waals surface area contributed by atoms with Gasteiger partial charge in [-0.15, -0.1) is 0 Å². The minimum Gasteiger partial charge on any atom is -0.359 e. The van der Waals surface area contributed by atoms with Gasteiger partial charge in [0.15, 0.2) is 0 Å². The lowest BCUT2D eigenvalue weighted by Gasteiger charge is -2.27. The third kappa shape index (κ3) is 2.89. The van der Waals surface area contributed by atoms with Gasteiger partial charge in [0, 0.05) is 13.6 Å². The van der Waals surface area contributed by atoms with Crippen molar-refractivity contribution in [3.8, 4) is 0 Å². The van der Waals surface area contributed by atoms with Crippen molar-refractivity contribution < 1.29 is 4.79 Å². The first-order valence-corrected chi connectivity index (χ1v) is 3.85. The third-order valence-electron chi connectivity index (χ3n) is 1.84. The number of nitrogens with two attached hydrogens (primary N) is 1. The van der Waals surface area contributed by atoms with Gasteiger partial charge in [0.25, 0.3) is 0 Å². The second-order valence-electron chi connectivity index (χ2n) is 3.77. The zero-order chi connectivity index (χ0) is 9.07. The predicted octanol–water partition coefficient (Wildman–Crippen LogP) is 0.353. The van der Waals surface area contributed by atoms with Crippen LogP contribution in [0.25, 0.3) is 0 Å². The Morgan fingerprint density at radius 2 is 2.00 bits per heavy atom. The Morgan fingerprint density at radius 1 is 1.55 bits per heavy atom. The maximum Gasteiger partial charge on any atom is 0.224 e. The molecule has 0 aliphatic heterocycles. The molecule has 66 valence electrons. The van der Waals surface area contributed by atoms with E-state index >= 15 is 0 Å². The van der Waals surface area contributed by atoms with Crippen LogP contribution in [0.3, 0.4) is 0 Å². The lowest BCUT2D eigenvalue weighted by molar-refractivity contribution is -0.127. The Hall–Kier alpha value is -0.570. The summed E-state index contributed by atoms with van der Waals surface area (Å²) in [5, 5.41) is 2.60. The summed E-state index contributed by atoms with van der Waals surface area (Å²) >= 11 is 0. The van der Waals surface area contributed by atoms with Crippen LogP contribution in [-0.4, -0.2) is 19.5 Å². The fraction of sp³-hybridized carbons (Fsp3) is 0.875. The van der Waals surface area contributed by atoms with Crippen molar-refractivity contribution in [1.29, 1.82) is 0 Å². The quantitative estimate of drug-likeness (QED) is 0.609. The average molecular weight is 158 g/mol. The number of nitrogens with one attached hydrogen (secondary N) is 1. The summed E-state index contributed by atoms with van der Waals surface area (Å²) in [4.78, 5) is 11.2. The fourth-order valence-electron chi connectivity index (χ4n) is 1.03. The van der Waals surface area contributed by atoms with E-state index in [0.717, 1.165) is 0 Å². The SMILES string of the molecule is CNC(=O)C(CN)C(C)(C)C. The topological polar surface area (TPSA) is 55.1 Å². The number of hydrogen-bond acceptors (Lipinski definition) is 2. The van der Waals surface area contributed by atoms with Gasteiger partial charge in [-0.1, -0.05) is 20.8 Å². The zero-order valence-corrected chi connectivity index (χ0v) is 7.77. The Balaban J connectivity index is 4.29. The molecule has 0 saturated carbocycles. The van der Waals surface area contributed by atoms with Crippen LogP contribution < -0.4 is 11.1 Å². The highest BCUT2D eigenvalue weighted by Gasteiger charge is 2.28. The summed E-state index contributed by atoms with van der Waals surface area (Å²) in [7, 11) is 1.64. The summed E-state index contributed by atoms with van der Waals surface area (Å²) in [6, 6.07) is 0. The second kappa shape index (κ2) is 3.72. The number of hydrogen-bond donors (Lipinski definition) is 2. The molecule has 1 unspecified atom stereocenters. The predicted molar refractivity (Wildman–Crippen MR) is 46.1 cm³/mol. The molecule has 0 radical (unpaired) electrons. The van der Waals surface area contributed by atoms with E-state index in [2.05, 4.69) is 5.32 Å². The van der Waals surface area contributed by atoms with Crippen molar-refractivity contribution in [1.82, 2.24) is 5.32 Å². The first-order valence-electron chi connectivity index (χ1n) is 3.85. The molecular weight excluding hydrogens is 140 g/mol. The summed E-state index contributed by atoms with van der Waals surface area (Å²) in [5.74, 6) is -0.0625. The lowest BCUT2D eigenvalue weighted by Crippen LogP contribution is -2.40. The van der Waals surface area contributed by atoms with Crippen LogP contribution in [0.5, 0.6) is 0 Å². The molecule has 3 nitrogen and oxygen atoms in total. The number of carbonyl (C=O) groups excluding carboxylic acids is 1. The third-order valence-corrected chi connectivity index (χ3v) is 1.84. The normalized spacial score (nSPS) is 14.3. The van der Waals surface area contributed by atoms with Gasteiger partial charge in [-0.3, -0.25) is 4.79 Å². The molecule has 0 aliphatic carbocycles. The highest BCUT2D eigenvalue weighted by Crippen LogP contribution is 2.24. The van der Waals surface area contributed by atoms with Gasteiger partial charge in [-0.05, 0) is 5.41 Å². The molecular formula is C8H18N2O. The van der Waals surface area contributed by atoms with E-state index in [1.807, 2.05) is 20.8 Å². The molecule has 1 amide bonds. The molecule has 1 atom stereocenters. The van der Waals surface area contributed by atoms with Crippen molar-refractivity contribution >= 4 is 5.91 Å². The van der Waals surface area contributed by atoms with Crippen LogP contribution in [0.15, 0.2) is 0 Å². The monoisotopic (exact) mass is 158 g/mol. The molecule has 3 N–H and O–H groups in total. The van der Waals surface area contributed by atoms with Crippen LogP contribution in [0, 0.1) is 11.3 Å². The van der Waals surface area contributed by atoms with Gasteiger partial charge in [0.05, 0.1) is 5.92 Å². The summed E-state index contributed by atoms with van der Waals surface area (Å²) < 4.78 is 0. The molecule has 11 heavy (non-hydrogen) atoms. The largest absolute Gasteiger partial charge is 0.359 e. The molecule has 0 aliphatic rings. The van der Waals surface area contributed by atoms with E-state index < -0.39 is 0 Å². The van der Waals surface area contributed by atoms with Gasteiger partial charge in [-0.2, -0.15) is 0 Å². The maximum absolute atomic E-state index is 11.2. The molecule has 0 aromatic rings. The Bertz CT molecular complexity index is 138. The maximum atomic E-state index is 11.2. The minimum absolute atomic E-state index is 0.0278. The minimum atomic E-state index is -0.0903. The zero-order valence-electron chi connectivity index (χ0n) is 7.77. The Morgan fingerprint density at radius 3 is 2.09 bits per heavy atom. The van der Waals surface area contributed by atoms with Crippen LogP contribution in [0.4, 0.5) is 0 Å². The van der Waals surface area contributed by atoms with Crippen molar-refractivity contribution in [3.05, 3.63) is 0 Å². The number of amides is 1. The van der Waals surface area contributed by atoms with Crippen LogP contribution >= 0.6 is 0 Å². The molecule has 0 fully saturated rings. The molecule has 0 aromatic carbocycles. The van der Waals surface area contributed by atoms with Gasteiger partial charge in [-0.25, -0.2) is 0 Å². The van der Waals surface area contributed by atoms with Crippen LogP contribution in [-0.2, 0) is 4.79 Å². The molecule has 3 heteroatoms. The molecule has 0 heterocycles. The first kappa shape index (κ1) is 10.4. The number of rotatable bonds is 2. The molecule has 0 rings (SSSR count). The lowest BCUT2D eigenvalue weighted by atomic mass is 9.80. The molecule has 0 aromatic heterocycles. The molecule has 0 bridgehead atoms. The Labute approximate surface area is 68.3 Å². The van der Waals surface area contributed by atoms with Gasteiger partial charge in [0.1, 0.15) is 0 Å². The average Bonchev–Trinajstić information content (AvgIpc) is 1.86. The van der Waals surface area contributed by atoms with Gasteiger partial charge >= 0.3 is 0 Å². The van der Waals surface area contributed by atoms with Crippen molar-refractivity contribution in [2.75, 3.05) is 13.6 Å². The van der Waals surface area contributed by atoms with Crippen LogP contribution in [0.2, 0.25) is 0 Å². The molecule has 0 spiro atoms. The van der Waals surface area contributed by atoms with Gasteiger partial charge < -0.3 is 11.1 Å². The summed E-state index contributed by atoms with van der Waals surface area (Å²) in [6.07, 6.45) is 0. The van der Waals surface area contributed by atoms with E-state index in [4.69, 9.17) is 5.73 Å². The van der Waals surface area contributed by atoms with E-state index in [1.54, 1.807) is 7.05 Å². The van der Waals surface area contributed by atoms with E-state index in [0.29, 0.717) is 6.54 Å². The standard InChI is InChI=1S/C8H18N2O/c1-8(2,3)6(5-9)7(11)10-4/h6H,5,9H2,1-4H3,(H,10,11). The molecule has 0 saturated heterocycles. The van der Waals surface area contributed by atoms with Crippen molar-refractivity contribution in [3.63, 3.8) is 0 Å². The van der Waals surface area contributed by atoms with E-state index in [9.17, 15) is 4.79 Å². The van der Waals surface area contributed by atoms with E-state index in [-0.39, 0.29) is 17.2 Å². The fourth-order valence-corrected chi connectivity index (χ4v) is 1.03. The van der Waals surface area contributed by atoms with Gasteiger partial charge in [0.2, 0.25) is 5.91 Å². The smallest absolute Gasteiger partial charge is 0.224 e. The summed E-state index contributed by atoms with van der Waals surface area (Å²) in [5.41, 5.74) is 5.43. The van der Waals surface area contributed by atoms with Crippen LogP contribution in [0.1, 0.15) is 20.8 Å². The van der Waals surface area contributed by atoms with Crippen molar-refractivity contribution in [2.45, 2.75) is 20.8 Å². The first-order chi connectivity index (χ1) is 4.93. The highest BCUT2D eigenvalue weighted by molar-refractivity contribution is 5.79. The van der Waals surface area contributed by atoms with Crippen molar-refractivity contribution in [2.24, 2.45) is 17.1 Å². The highest BCUT2D eigenvalue weighted by atomic mass is 16.1. The number of carbonyl (C=O) groups is 1.